The van der Waals surface area contributed by atoms with Gasteiger partial charge < -0.3 is 10.1 Å². The maximum atomic E-state index is 5.13. The lowest BCUT2D eigenvalue weighted by molar-refractivity contribution is 0.415. The third-order valence-electron chi connectivity index (χ3n) is 3.06. The molecule has 0 unspecified atom stereocenters. The second kappa shape index (κ2) is 5.57. The van der Waals surface area contributed by atoms with Gasteiger partial charge in [-0.25, -0.2) is 4.98 Å². The Morgan fingerprint density at radius 1 is 1.00 bits per heavy atom. The van der Waals surface area contributed by atoms with E-state index in [0.29, 0.717) is 6.54 Å². The summed E-state index contributed by atoms with van der Waals surface area (Å²) in [5.41, 5.74) is 3.78. The normalized spacial score (nSPS) is 10.4. The highest BCUT2D eigenvalue weighted by molar-refractivity contribution is 5.73. The number of nitrogens with zero attached hydrogens (tertiary/aromatic N) is 2. The van der Waals surface area contributed by atoms with Crippen molar-refractivity contribution in [3.8, 4) is 5.75 Å². The number of hydrogen-bond acceptors (Lipinski definition) is 4. The van der Waals surface area contributed by atoms with Crippen LogP contribution >= 0.6 is 0 Å². The standard InChI is InChI=1S/C16H15N3O/c1-20-14-8-6-12(7-9-14)17-10-13-11-18-15-4-2-3-5-16(15)19-13/h2-9,11,17H,10H2,1H3. The van der Waals surface area contributed by atoms with Gasteiger partial charge in [-0.3, -0.25) is 4.98 Å². The van der Waals surface area contributed by atoms with Crippen molar-refractivity contribution in [3.63, 3.8) is 0 Å². The molecule has 4 nitrogen and oxygen atoms in total. The molecular formula is C16H15N3O. The van der Waals surface area contributed by atoms with Crippen LogP contribution in [0.5, 0.6) is 5.75 Å². The molecule has 4 heteroatoms. The highest BCUT2D eigenvalue weighted by Gasteiger charge is 2.00. The van der Waals surface area contributed by atoms with Gasteiger partial charge in [-0.15, -0.1) is 0 Å². The van der Waals surface area contributed by atoms with Crippen molar-refractivity contribution in [2.75, 3.05) is 12.4 Å². The SMILES string of the molecule is COc1ccc(NCc2cnc3ccccc3n2)cc1. The summed E-state index contributed by atoms with van der Waals surface area (Å²) in [6.45, 7) is 0.643. The fourth-order valence-corrected chi connectivity index (χ4v) is 1.98. The minimum Gasteiger partial charge on any atom is -0.497 e. The van der Waals surface area contributed by atoms with Gasteiger partial charge in [-0.05, 0) is 36.4 Å². The maximum absolute atomic E-state index is 5.13. The number of anilines is 1. The van der Waals surface area contributed by atoms with Gasteiger partial charge in [0.2, 0.25) is 0 Å². The highest BCUT2D eigenvalue weighted by atomic mass is 16.5. The van der Waals surface area contributed by atoms with Crippen LogP contribution in [0.2, 0.25) is 0 Å². The van der Waals surface area contributed by atoms with E-state index in [9.17, 15) is 0 Å². The molecule has 0 aliphatic heterocycles. The zero-order valence-corrected chi connectivity index (χ0v) is 11.2. The molecule has 0 spiro atoms. The topological polar surface area (TPSA) is 47.0 Å². The first-order valence-electron chi connectivity index (χ1n) is 6.44. The number of para-hydroxylation sites is 2. The molecule has 0 aliphatic carbocycles. The fraction of sp³-hybridized carbons (Fsp3) is 0.125. The number of hydrogen-bond donors (Lipinski definition) is 1. The fourth-order valence-electron chi connectivity index (χ4n) is 1.98. The summed E-state index contributed by atoms with van der Waals surface area (Å²) in [7, 11) is 1.66. The van der Waals surface area contributed by atoms with Crippen LogP contribution in [-0.4, -0.2) is 17.1 Å². The van der Waals surface area contributed by atoms with Gasteiger partial charge in [-0.1, -0.05) is 12.1 Å². The van der Waals surface area contributed by atoms with Crippen molar-refractivity contribution < 1.29 is 4.74 Å². The van der Waals surface area contributed by atoms with Gasteiger partial charge in [0.25, 0.3) is 0 Å². The predicted molar refractivity (Wildman–Crippen MR) is 79.9 cm³/mol. The molecule has 1 aromatic heterocycles. The number of fused-ring (bicyclic) bond motifs is 1. The van der Waals surface area contributed by atoms with Crippen LogP contribution in [0.15, 0.2) is 54.7 Å². The van der Waals surface area contributed by atoms with E-state index in [0.717, 1.165) is 28.2 Å². The first-order valence-corrected chi connectivity index (χ1v) is 6.44. The molecular weight excluding hydrogens is 250 g/mol. The van der Waals surface area contributed by atoms with E-state index in [1.807, 2.05) is 48.5 Å². The molecule has 0 saturated heterocycles. The van der Waals surface area contributed by atoms with Crippen LogP contribution in [-0.2, 0) is 6.54 Å². The second-order valence-corrected chi connectivity index (χ2v) is 4.43. The summed E-state index contributed by atoms with van der Waals surface area (Å²) in [6, 6.07) is 15.7. The average molecular weight is 265 g/mol. The van der Waals surface area contributed by atoms with Crippen LogP contribution in [0.1, 0.15) is 5.69 Å². The number of ether oxygens (including phenoxy) is 1. The number of methoxy groups -OCH3 is 1. The molecule has 0 radical (unpaired) electrons. The first kappa shape index (κ1) is 12.4. The lowest BCUT2D eigenvalue weighted by Crippen LogP contribution is -2.02. The Labute approximate surface area is 117 Å². The minimum absolute atomic E-state index is 0.643. The Kier molecular flexibility index (Phi) is 3.46. The number of benzene rings is 2. The smallest absolute Gasteiger partial charge is 0.119 e. The molecule has 3 rings (SSSR count). The molecule has 100 valence electrons. The maximum Gasteiger partial charge on any atom is 0.119 e. The first-order chi connectivity index (χ1) is 9.85. The number of rotatable bonds is 4. The van der Waals surface area contributed by atoms with E-state index in [1.54, 1.807) is 13.3 Å². The van der Waals surface area contributed by atoms with Crippen LogP contribution in [0.4, 0.5) is 5.69 Å². The van der Waals surface area contributed by atoms with Crippen molar-refractivity contribution >= 4 is 16.7 Å². The minimum atomic E-state index is 0.643. The lowest BCUT2D eigenvalue weighted by Gasteiger charge is -2.07. The Bertz CT molecular complexity index is 710. The second-order valence-electron chi connectivity index (χ2n) is 4.43. The lowest BCUT2D eigenvalue weighted by atomic mass is 10.3. The Hall–Kier alpha value is -2.62. The molecule has 3 aromatic rings. The van der Waals surface area contributed by atoms with Gasteiger partial charge in [0, 0.05) is 5.69 Å². The Morgan fingerprint density at radius 2 is 1.75 bits per heavy atom. The van der Waals surface area contributed by atoms with E-state index in [4.69, 9.17) is 4.74 Å². The molecule has 1 heterocycles. The summed E-state index contributed by atoms with van der Waals surface area (Å²) in [6.07, 6.45) is 1.80. The molecule has 0 bridgehead atoms. The number of aromatic nitrogens is 2. The average Bonchev–Trinajstić information content (AvgIpc) is 2.53. The Morgan fingerprint density at radius 3 is 2.50 bits per heavy atom. The van der Waals surface area contributed by atoms with E-state index >= 15 is 0 Å². The zero-order chi connectivity index (χ0) is 13.8. The Balaban J connectivity index is 1.72. The van der Waals surface area contributed by atoms with Crippen molar-refractivity contribution in [1.82, 2.24) is 9.97 Å². The van der Waals surface area contributed by atoms with Gasteiger partial charge in [0.05, 0.1) is 36.6 Å². The molecule has 0 saturated carbocycles. The van der Waals surface area contributed by atoms with E-state index in [-0.39, 0.29) is 0 Å². The van der Waals surface area contributed by atoms with Gasteiger partial charge in [-0.2, -0.15) is 0 Å². The summed E-state index contributed by atoms with van der Waals surface area (Å²) in [5.74, 6) is 0.848. The predicted octanol–water partition coefficient (Wildman–Crippen LogP) is 3.25. The van der Waals surface area contributed by atoms with E-state index in [1.165, 1.54) is 0 Å². The molecule has 0 fully saturated rings. The molecule has 0 aliphatic rings. The monoisotopic (exact) mass is 265 g/mol. The van der Waals surface area contributed by atoms with Gasteiger partial charge >= 0.3 is 0 Å². The van der Waals surface area contributed by atoms with Crippen LogP contribution in [0.25, 0.3) is 11.0 Å². The van der Waals surface area contributed by atoms with E-state index in [2.05, 4.69) is 15.3 Å². The van der Waals surface area contributed by atoms with Crippen molar-refractivity contribution in [1.29, 1.82) is 0 Å². The van der Waals surface area contributed by atoms with Gasteiger partial charge in [0.15, 0.2) is 0 Å². The van der Waals surface area contributed by atoms with Crippen LogP contribution < -0.4 is 10.1 Å². The zero-order valence-electron chi connectivity index (χ0n) is 11.2. The largest absolute Gasteiger partial charge is 0.497 e. The number of nitrogens with one attached hydrogen (secondary N) is 1. The summed E-state index contributed by atoms with van der Waals surface area (Å²) >= 11 is 0. The summed E-state index contributed by atoms with van der Waals surface area (Å²) in [4.78, 5) is 8.97. The molecule has 2 aromatic carbocycles. The highest BCUT2D eigenvalue weighted by Crippen LogP contribution is 2.16. The quantitative estimate of drug-likeness (QED) is 0.786. The molecule has 0 atom stereocenters. The van der Waals surface area contributed by atoms with E-state index < -0.39 is 0 Å². The molecule has 0 amide bonds. The molecule has 1 N–H and O–H groups in total. The van der Waals surface area contributed by atoms with Crippen molar-refractivity contribution in [2.24, 2.45) is 0 Å². The summed E-state index contributed by atoms with van der Waals surface area (Å²) in [5, 5.41) is 3.32. The summed E-state index contributed by atoms with van der Waals surface area (Å²) < 4.78 is 5.13. The van der Waals surface area contributed by atoms with Crippen molar-refractivity contribution in [3.05, 3.63) is 60.4 Å². The van der Waals surface area contributed by atoms with Crippen LogP contribution in [0.3, 0.4) is 0 Å². The third kappa shape index (κ3) is 2.69. The van der Waals surface area contributed by atoms with Crippen molar-refractivity contribution in [2.45, 2.75) is 6.54 Å². The third-order valence-corrected chi connectivity index (χ3v) is 3.06. The van der Waals surface area contributed by atoms with Crippen LogP contribution in [0, 0.1) is 0 Å². The molecule has 20 heavy (non-hydrogen) atoms. The van der Waals surface area contributed by atoms with Gasteiger partial charge in [0.1, 0.15) is 5.75 Å².